The molecule has 6 fully saturated rings. The van der Waals surface area contributed by atoms with Crippen LogP contribution in [0, 0.1) is 57.2 Å². The van der Waals surface area contributed by atoms with Crippen LogP contribution in [-0.2, 0) is 38.0 Å². The van der Waals surface area contributed by atoms with E-state index in [1.165, 1.54) is 63.4 Å². The molecule has 4 saturated carbocycles. The largest absolute Gasteiger partial charge is 0.508 e. The van der Waals surface area contributed by atoms with Crippen molar-refractivity contribution in [3.63, 3.8) is 0 Å². The van der Waals surface area contributed by atoms with E-state index in [2.05, 4.69) is 40.7 Å². The molecule has 0 amide bonds. The second-order valence-corrected chi connectivity index (χ2v) is 20.0. The van der Waals surface area contributed by atoms with Crippen molar-refractivity contribution in [1.29, 1.82) is 0 Å². The van der Waals surface area contributed by atoms with Gasteiger partial charge in [0.25, 0.3) is 0 Å². The summed E-state index contributed by atoms with van der Waals surface area (Å²) in [7, 11) is 0. The maximum Gasteiger partial charge on any atom is 0.508 e. The van der Waals surface area contributed by atoms with Crippen LogP contribution in [0.5, 0.6) is 0 Å². The van der Waals surface area contributed by atoms with Gasteiger partial charge in [0.05, 0.1) is 0 Å². The van der Waals surface area contributed by atoms with Crippen LogP contribution >= 0.6 is 0 Å². The number of allylic oxidation sites excluding steroid dienone is 1. The van der Waals surface area contributed by atoms with Crippen LogP contribution in [0.25, 0.3) is 0 Å². The number of fused-ring (bicyclic) bond motifs is 5. The highest BCUT2D eigenvalue weighted by Crippen LogP contribution is 2.67. The van der Waals surface area contributed by atoms with Gasteiger partial charge in [-0.1, -0.05) is 72.0 Å². The lowest BCUT2D eigenvalue weighted by Gasteiger charge is -2.58. The van der Waals surface area contributed by atoms with Gasteiger partial charge in [-0.15, -0.1) is 0 Å². The van der Waals surface area contributed by atoms with E-state index in [0.717, 1.165) is 80.5 Å². The van der Waals surface area contributed by atoms with Gasteiger partial charge in [-0.25, -0.2) is 9.59 Å². The molecule has 0 unspecified atom stereocenters. The van der Waals surface area contributed by atoms with Crippen LogP contribution in [0.3, 0.4) is 0 Å². The molecule has 310 valence electrons. The zero-order valence-electron chi connectivity index (χ0n) is 34.9. The number of esters is 2. The molecule has 0 radical (unpaired) electrons. The standard InChI is InChI=1S/C33H52O5.C12H18O5/c1-21(2)8-7-9-22(3)26-12-13-27-25-11-10-23-18-24(38-29(34)31(4)19-36-30(35)37-20-31)14-16-32(23,5)28(25)15-17-33(26,27)6;1-12(7-15-11(14)16-8-12)10(13)17-9-5-3-2-4-6-9/h10,21-22,24-28H,7-9,11-20H2,1-6H3;9H,2-8H2,1H3/t22-,24+,25+,26-,27+,28+,32+,33-;/m1./s1. The zero-order valence-corrected chi connectivity index (χ0v) is 34.9. The van der Waals surface area contributed by atoms with Crippen LogP contribution < -0.4 is 0 Å². The lowest BCUT2D eigenvalue weighted by Crippen LogP contribution is -2.51. The molecule has 10 nitrogen and oxygen atoms in total. The van der Waals surface area contributed by atoms with Crippen molar-refractivity contribution in [1.82, 2.24) is 0 Å². The molecule has 7 aliphatic rings. The quantitative estimate of drug-likeness (QED) is 0.127. The minimum Gasteiger partial charge on any atom is -0.462 e. The first kappa shape index (κ1) is 41.8. The third-order valence-corrected chi connectivity index (χ3v) is 15.4. The molecule has 5 aliphatic carbocycles. The third kappa shape index (κ3) is 9.03. The molecule has 8 atom stereocenters. The van der Waals surface area contributed by atoms with Gasteiger partial charge in [0.2, 0.25) is 0 Å². The molecule has 0 aromatic carbocycles. The summed E-state index contributed by atoms with van der Waals surface area (Å²) in [6, 6.07) is 0. The highest BCUT2D eigenvalue weighted by Gasteiger charge is 2.59. The van der Waals surface area contributed by atoms with Crippen molar-refractivity contribution in [2.45, 2.75) is 163 Å². The van der Waals surface area contributed by atoms with Crippen molar-refractivity contribution >= 4 is 24.2 Å². The molecule has 2 aliphatic heterocycles. The second-order valence-electron chi connectivity index (χ2n) is 20.0. The predicted molar refractivity (Wildman–Crippen MR) is 207 cm³/mol. The summed E-state index contributed by atoms with van der Waals surface area (Å²) in [4.78, 5) is 47.0. The minimum absolute atomic E-state index is 0.0192. The van der Waals surface area contributed by atoms with Crippen molar-refractivity contribution in [2.75, 3.05) is 26.4 Å². The lowest BCUT2D eigenvalue weighted by molar-refractivity contribution is -0.174. The highest BCUT2D eigenvalue weighted by molar-refractivity contribution is 5.79. The number of carbonyl (C=O) groups excluding carboxylic acids is 4. The number of rotatable bonds is 9. The number of hydrogen-bond donors (Lipinski definition) is 0. The van der Waals surface area contributed by atoms with Gasteiger partial charge in [-0.3, -0.25) is 9.59 Å². The molecule has 0 aromatic rings. The van der Waals surface area contributed by atoms with E-state index >= 15 is 0 Å². The van der Waals surface area contributed by atoms with E-state index in [4.69, 9.17) is 28.4 Å². The second kappa shape index (κ2) is 17.0. The minimum atomic E-state index is -0.917. The smallest absolute Gasteiger partial charge is 0.462 e. The first-order chi connectivity index (χ1) is 26.1. The Morgan fingerprint density at radius 1 is 0.709 bits per heavy atom. The Morgan fingerprint density at radius 2 is 1.29 bits per heavy atom. The number of hydrogen-bond acceptors (Lipinski definition) is 10. The van der Waals surface area contributed by atoms with Crippen LogP contribution in [0.15, 0.2) is 11.6 Å². The fraction of sp³-hybridized carbons (Fsp3) is 0.867. The molecule has 7 rings (SSSR count). The van der Waals surface area contributed by atoms with E-state index in [0.29, 0.717) is 5.41 Å². The number of ether oxygens (including phenoxy) is 6. The molecule has 0 bridgehead atoms. The molecule has 0 spiro atoms. The molecule has 0 N–H and O–H groups in total. The SMILES string of the molecule is CC(C)CCC[C@@H](C)[C@H]1CC[C@H]2[C@@H]3CC=C4C[C@@H](OC(=O)C5(C)COC(=O)OC5)CC[C@]4(C)[C@H]3CC[C@]12C.CC1(C(=O)OC2CCCCC2)COC(=O)OC1. The van der Waals surface area contributed by atoms with Crippen LogP contribution in [0.4, 0.5) is 9.59 Å². The molecule has 0 aromatic heterocycles. The Balaban J connectivity index is 0.000000252. The van der Waals surface area contributed by atoms with Crippen molar-refractivity contribution < 1.29 is 47.6 Å². The Hall–Kier alpha value is -2.78. The lowest BCUT2D eigenvalue weighted by atomic mass is 9.47. The summed E-state index contributed by atoms with van der Waals surface area (Å²) in [6.45, 7) is 16.0. The van der Waals surface area contributed by atoms with E-state index < -0.39 is 23.1 Å². The Morgan fingerprint density at radius 3 is 1.87 bits per heavy atom. The topological polar surface area (TPSA) is 124 Å². The predicted octanol–water partition coefficient (Wildman–Crippen LogP) is 10.1. The molecule has 2 heterocycles. The van der Waals surface area contributed by atoms with E-state index in [9.17, 15) is 19.2 Å². The van der Waals surface area contributed by atoms with Gasteiger partial charge in [0.15, 0.2) is 0 Å². The van der Waals surface area contributed by atoms with Gasteiger partial charge >= 0.3 is 24.2 Å². The average Bonchev–Trinajstić information content (AvgIpc) is 3.52. The first-order valence-electron chi connectivity index (χ1n) is 21.8. The van der Waals surface area contributed by atoms with Crippen LogP contribution in [0.1, 0.15) is 151 Å². The van der Waals surface area contributed by atoms with Gasteiger partial charge in [0, 0.05) is 6.42 Å². The fourth-order valence-corrected chi connectivity index (χ4v) is 11.8. The monoisotopic (exact) mass is 770 g/mol. The van der Waals surface area contributed by atoms with Crippen molar-refractivity contribution in [3.8, 4) is 0 Å². The Bertz CT molecular complexity index is 1410. The van der Waals surface area contributed by atoms with Crippen LogP contribution in [0.2, 0.25) is 0 Å². The van der Waals surface area contributed by atoms with Crippen molar-refractivity contribution in [2.24, 2.45) is 57.2 Å². The molecule has 2 saturated heterocycles. The molecule has 10 heteroatoms. The van der Waals surface area contributed by atoms with E-state index in [-0.39, 0.29) is 56.0 Å². The maximum atomic E-state index is 13.0. The molecular weight excluding hydrogens is 700 g/mol. The fourth-order valence-electron chi connectivity index (χ4n) is 11.8. The summed E-state index contributed by atoms with van der Waals surface area (Å²) in [5, 5.41) is 0. The molecular formula is C45H70O10. The van der Waals surface area contributed by atoms with Crippen molar-refractivity contribution in [3.05, 3.63) is 11.6 Å². The number of cyclic esters (lactones) is 4. The number of carbonyl (C=O) groups is 4. The summed E-state index contributed by atoms with van der Waals surface area (Å²) in [6.07, 6.45) is 20.2. The van der Waals surface area contributed by atoms with E-state index in [1.54, 1.807) is 13.8 Å². The normalized spacial score (nSPS) is 35.7. The van der Waals surface area contributed by atoms with Gasteiger partial charge in [0.1, 0.15) is 49.5 Å². The Kier molecular flexibility index (Phi) is 12.9. The van der Waals surface area contributed by atoms with Gasteiger partial charge < -0.3 is 28.4 Å². The van der Waals surface area contributed by atoms with Gasteiger partial charge in [-0.05, 0) is 131 Å². The molecule has 55 heavy (non-hydrogen) atoms. The highest BCUT2D eigenvalue weighted by atomic mass is 16.7. The summed E-state index contributed by atoms with van der Waals surface area (Å²) in [5.41, 5.74) is 0.500. The van der Waals surface area contributed by atoms with Crippen LogP contribution in [-0.4, -0.2) is 62.9 Å². The zero-order chi connectivity index (χ0) is 39.6. The summed E-state index contributed by atoms with van der Waals surface area (Å²) in [5.74, 6) is 4.35. The summed E-state index contributed by atoms with van der Waals surface area (Å²) < 4.78 is 30.9. The average molecular weight is 771 g/mol. The van der Waals surface area contributed by atoms with Gasteiger partial charge in [-0.2, -0.15) is 0 Å². The third-order valence-electron chi connectivity index (χ3n) is 15.4. The first-order valence-corrected chi connectivity index (χ1v) is 21.8. The van der Waals surface area contributed by atoms with E-state index in [1.807, 2.05) is 0 Å². The maximum absolute atomic E-state index is 13.0. The Labute approximate surface area is 329 Å². The summed E-state index contributed by atoms with van der Waals surface area (Å²) >= 11 is 0.